The highest BCUT2D eigenvalue weighted by Gasteiger charge is 2.30. The first-order chi connectivity index (χ1) is 13.9. The number of pyridine rings is 1. The van der Waals surface area contributed by atoms with Gasteiger partial charge in [0.2, 0.25) is 5.91 Å². The van der Waals surface area contributed by atoms with Crippen LogP contribution >= 0.6 is 11.3 Å². The third-order valence-electron chi connectivity index (χ3n) is 4.32. The minimum atomic E-state index is -4.42. The molecule has 0 aliphatic rings. The predicted octanol–water partition coefficient (Wildman–Crippen LogP) is 5.56. The van der Waals surface area contributed by atoms with Gasteiger partial charge in [-0.05, 0) is 23.8 Å². The molecule has 1 N–H and O–H groups in total. The molecule has 1 amide bonds. The smallest absolute Gasteiger partial charge is 0.302 e. The molecule has 0 saturated heterocycles. The van der Waals surface area contributed by atoms with E-state index in [1.54, 1.807) is 35.8 Å². The van der Waals surface area contributed by atoms with Gasteiger partial charge in [0.25, 0.3) is 0 Å². The number of amides is 1. The largest absolute Gasteiger partial charge is 0.416 e. The van der Waals surface area contributed by atoms with Gasteiger partial charge in [-0.1, -0.05) is 36.4 Å². The first kappa shape index (κ1) is 19.1. The molecule has 0 aliphatic carbocycles. The summed E-state index contributed by atoms with van der Waals surface area (Å²) in [6.45, 7) is 0. The number of anilines is 1. The Morgan fingerprint density at radius 3 is 2.66 bits per heavy atom. The quantitative estimate of drug-likeness (QED) is 0.477. The zero-order valence-electron chi connectivity index (χ0n) is 14.9. The van der Waals surface area contributed by atoms with Crippen molar-refractivity contribution < 1.29 is 18.0 Å². The van der Waals surface area contributed by atoms with E-state index in [1.165, 1.54) is 17.4 Å². The van der Waals surface area contributed by atoms with Crippen molar-refractivity contribution in [3.05, 3.63) is 77.3 Å². The van der Waals surface area contributed by atoms with E-state index in [0.29, 0.717) is 27.5 Å². The molecule has 8 heteroatoms. The molecule has 4 nitrogen and oxygen atoms in total. The number of halogens is 3. The number of carbonyl (C=O) groups is 1. The highest BCUT2D eigenvalue weighted by atomic mass is 32.1. The van der Waals surface area contributed by atoms with Crippen molar-refractivity contribution in [3.63, 3.8) is 0 Å². The van der Waals surface area contributed by atoms with Crippen LogP contribution in [0.5, 0.6) is 0 Å². The Hall–Kier alpha value is -3.26. The molecule has 2 aromatic carbocycles. The van der Waals surface area contributed by atoms with E-state index in [-0.39, 0.29) is 12.3 Å². The van der Waals surface area contributed by atoms with E-state index >= 15 is 0 Å². The van der Waals surface area contributed by atoms with Crippen molar-refractivity contribution >= 4 is 33.3 Å². The molecule has 4 aromatic rings. The molecule has 0 unspecified atom stereocenters. The number of hydrogen-bond acceptors (Lipinski definition) is 4. The maximum atomic E-state index is 13.0. The zero-order valence-corrected chi connectivity index (χ0v) is 15.7. The first-order valence-corrected chi connectivity index (χ1v) is 9.54. The topological polar surface area (TPSA) is 54.9 Å². The van der Waals surface area contributed by atoms with Crippen molar-refractivity contribution in [2.75, 3.05) is 5.32 Å². The van der Waals surface area contributed by atoms with Gasteiger partial charge in [0.1, 0.15) is 0 Å². The average Bonchev–Trinajstić information content (AvgIpc) is 3.20. The summed E-state index contributed by atoms with van der Waals surface area (Å²) in [4.78, 5) is 20.9. The monoisotopic (exact) mass is 413 g/mol. The molecule has 0 bridgehead atoms. The summed E-state index contributed by atoms with van der Waals surface area (Å²) in [6, 6.07) is 14.0. The van der Waals surface area contributed by atoms with Crippen LogP contribution in [0.1, 0.15) is 11.1 Å². The molecule has 0 radical (unpaired) electrons. The number of para-hydroxylation sites is 1. The Morgan fingerprint density at radius 2 is 1.90 bits per heavy atom. The summed E-state index contributed by atoms with van der Waals surface area (Å²) >= 11 is 1.32. The van der Waals surface area contributed by atoms with E-state index in [1.807, 2.05) is 12.1 Å². The molecular formula is C21H14F3N3OS. The van der Waals surface area contributed by atoms with E-state index < -0.39 is 11.7 Å². The van der Waals surface area contributed by atoms with Crippen molar-refractivity contribution in [1.82, 2.24) is 9.97 Å². The van der Waals surface area contributed by atoms with Gasteiger partial charge in [0.05, 0.1) is 23.2 Å². The second-order valence-electron chi connectivity index (χ2n) is 6.33. The molecule has 4 rings (SSSR count). The number of benzene rings is 2. The van der Waals surface area contributed by atoms with Crippen molar-refractivity contribution in [2.45, 2.75) is 12.6 Å². The molecule has 146 valence electrons. The Balaban J connectivity index is 1.68. The first-order valence-electron chi connectivity index (χ1n) is 8.66. The van der Waals surface area contributed by atoms with Crippen LogP contribution in [0, 0.1) is 0 Å². The van der Waals surface area contributed by atoms with Crippen molar-refractivity contribution in [3.8, 4) is 11.3 Å². The maximum Gasteiger partial charge on any atom is 0.416 e. The molecule has 0 aliphatic heterocycles. The fourth-order valence-corrected chi connectivity index (χ4v) is 3.53. The SMILES string of the molecule is O=C(Cc1cccc2ccc(-c3cccc(C(F)(F)F)c3)nc12)Nc1nccs1. The lowest BCUT2D eigenvalue weighted by Gasteiger charge is -2.10. The molecule has 2 aromatic heterocycles. The number of aromatic nitrogens is 2. The summed E-state index contributed by atoms with van der Waals surface area (Å²) in [7, 11) is 0. The van der Waals surface area contributed by atoms with Gasteiger partial charge in [-0.25, -0.2) is 9.97 Å². The van der Waals surface area contributed by atoms with Crippen LogP contribution < -0.4 is 5.32 Å². The number of nitrogens with zero attached hydrogens (tertiary/aromatic N) is 2. The highest BCUT2D eigenvalue weighted by Crippen LogP contribution is 2.32. The maximum absolute atomic E-state index is 13.0. The van der Waals surface area contributed by atoms with Crippen molar-refractivity contribution in [1.29, 1.82) is 0 Å². The van der Waals surface area contributed by atoms with E-state index in [2.05, 4.69) is 15.3 Å². The van der Waals surface area contributed by atoms with E-state index in [0.717, 1.165) is 17.5 Å². The second-order valence-corrected chi connectivity index (χ2v) is 7.22. The number of thiazole rings is 1. The number of nitrogens with one attached hydrogen (secondary N) is 1. The summed E-state index contributed by atoms with van der Waals surface area (Å²) < 4.78 is 39.1. The van der Waals surface area contributed by atoms with Crippen LogP contribution in [-0.4, -0.2) is 15.9 Å². The minimum Gasteiger partial charge on any atom is -0.302 e. The molecule has 0 saturated carbocycles. The second kappa shape index (κ2) is 7.63. The molecule has 0 atom stereocenters. The van der Waals surface area contributed by atoms with E-state index in [4.69, 9.17) is 0 Å². The Kier molecular flexibility index (Phi) is 5.02. The molecule has 0 fully saturated rings. The van der Waals surface area contributed by atoms with Crippen molar-refractivity contribution in [2.24, 2.45) is 0 Å². The summed E-state index contributed by atoms with van der Waals surface area (Å²) in [5.41, 5.74) is 1.32. The number of hydrogen-bond donors (Lipinski definition) is 1. The van der Waals surface area contributed by atoms with Crippen LogP contribution in [0.2, 0.25) is 0 Å². The number of fused-ring (bicyclic) bond motifs is 1. The molecule has 2 heterocycles. The van der Waals surface area contributed by atoms with Crippen LogP contribution in [0.3, 0.4) is 0 Å². The number of carbonyl (C=O) groups excluding carboxylic acids is 1. The van der Waals surface area contributed by atoms with Crippen LogP contribution in [0.15, 0.2) is 66.2 Å². The average molecular weight is 413 g/mol. The fourth-order valence-electron chi connectivity index (χ4n) is 2.99. The lowest BCUT2D eigenvalue weighted by atomic mass is 10.0. The third kappa shape index (κ3) is 4.27. The van der Waals surface area contributed by atoms with E-state index in [9.17, 15) is 18.0 Å². The van der Waals surface area contributed by atoms with Gasteiger partial charge < -0.3 is 5.32 Å². The van der Waals surface area contributed by atoms with Gasteiger partial charge in [0, 0.05) is 22.5 Å². The third-order valence-corrected chi connectivity index (χ3v) is 5.01. The van der Waals surface area contributed by atoms with Gasteiger partial charge >= 0.3 is 6.18 Å². The van der Waals surface area contributed by atoms with Gasteiger partial charge in [-0.2, -0.15) is 13.2 Å². The molecule has 29 heavy (non-hydrogen) atoms. The zero-order chi connectivity index (χ0) is 20.4. The fraction of sp³-hybridized carbons (Fsp3) is 0.0952. The standard InChI is InChI=1S/C21H14F3N3OS/c22-21(23,24)16-6-2-4-14(11-16)17-8-7-13-3-1-5-15(19(13)26-17)12-18(28)27-20-25-9-10-29-20/h1-11H,12H2,(H,25,27,28). The summed E-state index contributed by atoms with van der Waals surface area (Å²) in [5.74, 6) is -0.237. The lowest BCUT2D eigenvalue weighted by Crippen LogP contribution is -2.14. The Bertz CT molecular complexity index is 1170. The van der Waals surface area contributed by atoms with Crippen LogP contribution in [0.4, 0.5) is 18.3 Å². The van der Waals surface area contributed by atoms with Gasteiger partial charge in [0.15, 0.2) is 5.13 Å². The Morgan fingerprint density at radius 1 is 1.07 bits per heavy atom. The van der Waals surface area contributed by atoms with Gasteiger partial charge in [-0.3, -0.25) is 4.79 Å². The molecule has 0 spiro atoms. The van der Waals surface area contributed by atoms with Crippen LogP contribution in [-0.2, 0) is 17.4 Å². The Labute approximate surface area is 168 Å². The lowest BCUT2D eigenvalue weighted by molar-refractivity contribution is -0.137. The highest BCUT2D eigenvalue weighted by molar-refractivity contribution is 7.13. The normalized spacial score (nSPS) is 11.6. The summed E-state index contributed by atoms with van der Waals surface area (Å²) in [5, 5.41) is 5.79. The van der Waals surface area contributed by atoms with Crippen LogP contribution in [0.25, 0.3) is 22.2 Å². The van der Waals surface area contributed by atoms with Gasteiger partial charge in [-0.15, -0.1) is 11.3 Å². The summed E-state index contributed by atoms with van der Waals surface area (Å²) in [6.07, 6.45) is -2.75. The number of alkyl halides is 3. The molecular weight excluding hydrogens is 399 g/mol. The minimum absolute atomic E-state index is 0.0793. The number of rotatable bonds is 4. The predicted molar refractivity (Wildman–Crippen MR) is 107 cm³/mol.